The zero-order valence-corrected chi connectivity index (χ0v) is 10.4. The lowest BCUT2D eigenvalue weighted by Gasteiger charge is -2.10. The predicted molar refractivity (Wildman–Crippen MR) is 59.0 cm³/mol. The van der Waals surface area contributed by atoms with E-state index >= 15 is 0 Å². The summed E-state index contributed by atoms with van der Waals surface area (Å²) in [6, 6.07) is -0.157. The minimum Gasteiger partial charge on any atom is -0.479 e. The summed E-state index contributed by atoms with van der Waals surface area (Å²) in [5.41, 5.74) is -0.902. The quantitative estimate of drug-likeness (QED) is 0.840. The molecule has 1 aliphatic rings. The molecule has 110 valence electrons. The molecule has 0 aliphatic heterocycles. The number of ketones is 1. The van der Waals surface area contributed by atoms with Crippen LogP contribution < -0.4 is 4.74 Å². The first-order valence-corrected chi connectivity index (χ1v) is 5.77. The van der Waals surface area contributed by atoms with Gasteiger partial charge in [0.05, 0.1) is 6.04 Å². The van der Waals surface area contributed by atoms with E-state index in [0.29, 0.717) is 12.8 Å². The molecule has 6 nitrogen and oxygen atoms in total. The van der Waals surface area contributed by atoms with Crippen LogP contribution in [-0.2, 0) is 0 Å². The fourth-order valence-corrected chi connectivity index (χ4v) is 1.75. The summed E-state index contributed by atoms with van der Waals surface area (Å²) < 4.78 is 42.3. The van der Waals surface area contributed by atoms with E-state index in [9.17, 15) is 22.8 Å². The highest BCUT2D eigenvalue weighted by atomic mass is 19.4. The first-order valence-electron chi connectivity index (χ1n) is 5.77. The summed E-state index contributed by atoms with van der Waals surface area (Å²) in [6.45, 7) is -0.550. The number of carbonyl (C=O) groups is 2. The van der Waals surface area contributed by atoms with E-state index in [1.54, 1.807) is 0 Å². The van der Waals surface area contributed by atoms with E-state index in [0.717, 1.165) is 11.6 Å². The maximum Gasteiger partial charge on any atom is 0.422 e. The van der Waals surface area contributed by atoms with Crippen LogP contribution in [0.5, 0.6) is 5.75 Å². The van der Waals surface area contributed by atoms with Crippen LogP contribution in [0.25, 0.3) is 0 Å². The number of aromatic carboxylic acids is 1. The maximum atomic E-state index is 12.2. The molecule has 0 amide bonds. The highest BCUT2D eigenvalue weighted by Gasteiger charge is 2.36. The normalized spacial score (nSPS) is 15.2. The van der Waals surface area contributed by atoms with Crippen molar-refractivity contribution in [2.75, 3.05) is 6.61 Å². The summed E-state index contributed by atoms with van der Waals surface area (Å²) in [4.78, 5) is 22.6. The number of nitrogens with zero attached hydrogens (tertiary/aromatic N) is 2. The molecule has 20 heavy (non-hydrogen) atoms. The van der Waals surface area contributed by atoms with Gasteiger partial charge < -0.3 is 9.84 Å². The third-order valence-corrected chi connectivity index (χ3v) is 2.68. The third kappa shape index (κ3) is 2.91. The average Bonchev–Trinajstić information content (AvgIpc) is 3.05. The molecule has 2 rings (SSSR count). The van der Waals surface area contributed by atoms with Gasteiger partial charge in [-0.15, -0.1) is 0 Å². The molecule has 9 heteroatoms. The van der Waals surface area contributed by atoms with Crippen LogP contribution in [0.4, 0.5) is 13.2 Å². The molecular formula is C11H11F3N2O4. The Balaban J connectivity index is 2.44. The van der Waals surface area contributed by atoms with Crippen molar-refractivity contribution in [1.29, 1.82) is 0 Å². The van der Waals surface area contributed by atoms with Gasteiger partial charge in [0, 0.05) is 6.92 Å². The van der Waals surface area contributed by atoms with Crippen LogP contribution in [0.15, 0.2) is 0 Å². The fourth-order valence-electron chi connectivity index (χ4n) is 1.75. The summed E-state index contributed by atoms with van der Waals surface area (Å²) in [7, 11) is 0. The summed E-state index contributed by atoms with van der Waals surface area (Å²) in [6.07, 6.45) is -3.25. The Hall–Kier alpha value is -2.06. The second kappa shape index (κ2) is 4.80. The van der Waals surface area contributed by atoms with Gasteiger partial charge in [-0.1, -0.05) is 0 Å². The molecule has 0 atom stereocenters. The maximum absolute atomic E-state index is 12.2. The molecule has 1 saturated carbocycles. The topological polar surface area (TPSA) is 81.4 Å². The van der Waals surface area contributed by atoms with Crippen LogP contribution in [-0.4, -0.2) is 39.4 Å². The molecule has 0 unspecified atom stereocenters. The Morgan fingerprint density at radius 3 is 2.45 bits per heavy atom. The molecule has 0 spiro atoms. The highest BCUT2D eigenvalue weighted by Crippen LogP contribution is 2.39. The second-order valence-electron chi connectivity index (χ2n) is 4.47. The Morgan fingerprint density at radius 2 is 2.05 bits per heavy atom. The van der Waals surface area contributed by atoms with Crippen molar-refractivity contribution in [1.82, 2.24) is 9.78 Å². The van der Waals surface area contributed by atoms with Gasteiger partial charge >= 0.3 is 12.1 Å². The lowest BCUT2D eigenvalue weighted by molar-refractivity contribution is -0.153. The van der Waals surface area contributed by atoms with E-state index in [2.05, 4.69) is 9.84 Å². The van der Waals surface area contributed by atoms with Gasteiger partial charge in [0.15, 0.2) is 18.1 Å². The number of hydrogen-bond acceptors (Lipinski definition) is 4. The lowest BCUT2D eigenvalue weighted by Crippen LogP contribution is -2.21. The molecule has 1 aromatic rings. The van der Waals surface area contributed by atoms with Gasteiger partial charge in [0.1, 0.15) is 5.69 Å². The van der Waals surface area contributed by atoms with Crippen molar-refractivity contribution >= 4 is 11.8 Å². The highest BCUT2D eigenvalue weighted by molar-refractivity contribution is 6.00. The summed E-state index contributed by atoms with van der Waals surface area (Å²) in [5, 5.41) is 12.7. The number of carboxylic acids is 1. The number of alkyl halides is 3. The summed E-state index contributed by atoms with van der Waals surface area (Å²) >= 11 is 0. The summed E-state index contributed by atoms with van der Waals surface area (Å²) in [5.74, 6) is -2.74. The molecule has 0 aromatic carbocycles. The Bertz CT molecular complexity index is 561. The Kier molecular flexibility index (Phi) is 3.45. The largest absolute Gasteiger partial charge is 0.479 e. The molecule has 1 N–H and O–H groups in total. The van der Waals surface area contributed by atoms with Crippen molar-refractivity contribution < 1.29 is 32.6 Å². The van der Waals surface area contributed by atoms with E-state index < -0.39 is 36.0 Å². The molecule has 1 aromatic heterocycles. The van der Waals surface area contributed by atoms with Crippen LogP contribution in [0.1, 0.15) is 46.8 Å². The van der Waals surface area contributed by atoms with Crippen molar-refractivity contribution in [3.8, 4) is 5.75 Å². The van der Waals surface area contributed by atoms with Crippen LogP contribution >= 0.6 is 0 Å². The van der Waals surface area contributed by atoms with Gasteiger partial charge in [-0.3, -0.25) is 9.48 Å². The minimum atomic E-state index is -4.63. The third-order valence-electron chi connectivity index (χ3n) is 2.68. The molecule has 0 saturated heterocycles. The van der Waals surface area contributed by atoms with Crippen molar-refractivity contribution in [3.63, 3.8) is 0 Å². The molecule has 1 heterocycles. The van der Waals surface area contributed by atoms with Gasteiger partial charge in [-0.25, -0.2) is 4.79 Å². The second-order valence-corrected chi connectivity index (χ2v) is 4.47. The van der Waals surface area contributed by atoms with Crippen LogP contribution in [0.3, 0.4) is 0 Å². The average molecular weight is 292 g/mol. The number of halogens is 3. The van der Waals surface area contributed by atoms with E-state index in [4.69, 9.17) is 5.11 Å². The van der Waals surface area contributed by atoms with E-state index in [1.807, 2.05) is 0 Å². The van der Waals surface area contributed by atoms with E-state index in [1.165, 1.54) is 0 Å². The number of rotatable bonds is 5. The molecule has 1 aliphatic carbocycles. The monoisotopic (exact) mass is 292 g/mol. The van der Waals surface area contributed by atoms with Gasteiger partial charge in [0.25, 0.3) is 0 Å². The fraction of sp³-hybridized carbons (Fsp3) is 0.545. The van der Waals surface area contributed by atoms with Gasteiger partial charge in [-0.2, -0.15) is 18.3 Å². The van der Waals surface area contributed by atoms with Gasteiger partial charge in [-0.05, 0) is 12.8 Å². The van der Waals surface area contributed by atoms with Crippen molar-refractivity contribution in [2.45, 2.75) is 32.0 Å². The standard InChI is InChI=1S/C11H11F3N2O4/c1-5(17)8-9(20-4-11(12,13)14)7(10(18)19)15-16(8)6-2-3-6/h6H,2-4H2,1H3,(H,18,19). The SMILES string of the molecule is CC(=O)c1c(OCC(F)(F)F)c(C(=O)O)nn1C1CC1. The van der Waals surface area contributed by atoms with Crippen molar-refractivity contribution in [2.24, 2.45) is 0 Å². The molecule has 0 bridgehead atoms. The number of hydrogen-bond donors (Lipinski definition) is 1. The number of carbonyl (C=O) groups excluding carboxylic acids is 1. The van der Waals surface area contributed by atoms with Gasteiger partial charge in [0.2, 0.25) is 5.69 Å². The zero-order valence-electron chi connectivity index (χ0n) is 10.4. The van der Waals surface area contributed by atoms with Crippen molar-refractivity contribution in [3.05, 3.63) is 11.4 Å². The van der Waals surface area contributed by atoms with E-state index in [-0.39, 0.29) is 11.7 Å². The molecule has 0 radical (unpaired) electrons. The number of Topliss-reactive ketones (excluding diaryl/α,β-unsaturated/α-hetero) is 1. The Labute approximate surface area is 111 Å². The number of carboxylic acid groups (broad SMARTS) is 1. The Morgan fingerprint density at radius 1 is 1.45 bits per heavy atom. The lowest BCUT2D eigenvalue weighted by atomic mass is 10.2. The first kappa shape index (κ1) is 14.4. The number of aromatic nitrogens is 2. The number of ether oxygens (including phenoxy) is 1. The first-order chi connectivity index (χ1) is 9.20. The predicted octanol–water partition coefficient (Wildman–Crippen LogP) is 2.06. The zero-order chi connectivity index (χ0) is 15.1. The van der Waals surface area contributed by atoms with Crippen LogP contribution in [0, 0.1) is 0 Å². The minimum absolute atomic E-state index is 0.157. The molecular weight excluding hydrogens is 281 g/mol. The molecule has 1 fully saturated rings. The van der Waals surface area contributed by atoms with Crippen LogP contribution in [0.2, 0.25) is 0 Å². The smallest absolute Gasteiger partial charge is 0.422 e.